The summed E-state index contributed by atoms with van der Waals surface area (Å²) >= 11 is 1.86. The first kappa shape index (κ1) is 13.7. The fourth-order valence-electron chi connectivity index (χ4n) is 2.82. The SMILES string of the molecule is CCc1ccsc1CNCC1CCOc2ccccc21. The third kappa shape index (κ3) is 2.89. The van der Waals surface area contributed by atoms with Crippen LogP contribution in [0, 0.1) is 0 Å². The van der Waals surface area contributed by atoms with Crippen LogP contribution in [0.1, 0.15) is 35.3 Å². The average Bonchev–Trinajstić information content (AvgIpc) is 2.95. The van der Waals surface area contributed by atoms with Gasteiger partial charge in [-0.05, 0) is 41.5 Å². The van der Waals surface area contributed by atoms with E-state index in [1.807, 2.05) is 17.4 Å². The lowest BCUT2D eigenvalue weighted by Gasteiger charge is -2.26. The maximum Gasteiger partial charge on any atom is 0.122 e. The van der Waals surface area contributed by atoms with Gasteiger partial charge in [-0.1, -0.05) is 25.1 Å². The predicted molar refractivity (Wildman–Crippen MR) is 84.7 cm³/mol. The zero-order valence-corrected chi connectivity index (χ0v) is 12.7. The minimum absolute atomic E-state index is 0.574. The standard InChI is InChI=1S/C17H21NOS/c1-2-13-8-10-20-17(13)12-18-11-14-7-9-19-16-6-4-3-5-15(14)16/h3-6,8,10,14,18H,2,7,9,11-12H2,1H3. The molecule has 1 N–H and O–H groups in total. The smallest absolute Gasteiger partial charge is 0.122 e. The minimum atomic E-state index is 0.574. The summed E-state index contributed by atoms with van der Waals surface area (Å²) in [7, 11) is 0. The number of aryl methyl sites for hydroxylation is 1. The average molecular weight is 287 g/mol. The largest absolute Gasteiger partial charge is 0.493 e. The Morgan fingerprint density at radius 3 is 3.10 bits per heavy atom. The van der Waals surface area contributed by atoms with Crippen LogP contribution in [-0.2, 0) is 13.0 Å². The van der Waals surface area contributed by atoms with Crippen molar-refractivity contribution in [1.82, 2.24) is 5.32 Å². The molecule has 0 fully saturated rings. The molecule has 2 aromatic rings. The predicted octanol–water partition coefficient (Wildman–Crippen LogP) is 3.97. The van der Waals surface area contributed by atoms with E-state index in [0.717, 1.165) is 38.3 Å². The van der Waals surface area contributed by atoms with Crippen LogP contribution < -0.4 is 10.1 Å². The summed E-state index contributed by atoms with van der Waals surface area (Å²) < 4.78 is 5.72. The molecule has 1 aromatic carbocycles. The van der Waals surface area contributed by atoms with E-state index in [1.54, 1.807) is 0 Å². The van der Waals surface area contributed by atoms with Gasteiger partial charge in [-0.2, -0.15) is 0 Å². The summed E-state index contributed by atoms with van der Waals surface area (Å²) in [6.07, 6.45) is 2.23. The highest BCUT2D eigenvalue weighted by atomic mass is 32.1. The number of benzene rings is 1. The molecule has 20 heavy (non-hydrogen) atoms. The highest BCUT2D eigenvalue weighted by molar-refractivity contribution is 7.10. The summed E-state index contributed by atoms with van der Waals surface area (Å²) in [5.74, 6) is 1.64. The Kier molecular flexibility index (Phi) is 4.38. The number of para-hydroxylation sites is 1. The zero-order valence-electron chi connectivity index (χ0n) is 11.9. The van der Waals surface area contributed by atoms with Crippen LogP contribution in [0.2, 0.25) is 0 Å². The summed E-state index contributed by atoms with van der Waals surface area (Å²) in [5, 5.41) is 5.82. The van der Waals surface area contributed by atoms with Crippen molar-refractivity contribution in [3.05, 3.63) is 51.7 Å². The Hall–Kier alpha value is -1.32. The zero-order chi connectivity index (χ0) is 13.8. The first-order valence-corrected chi connectivity index (χ1v) is 8.24. The molecule has 1 aromatic heterocycles. The summed E-state index contributed by atoms with van der Waals surface area (Å²) in [6.45, 7) is 5.07. The molecular formula is C17H21NOS. The molecule has 0 radical (unpaired) electrons. The van der Waals surface area contributed by atoms with Crippen molar-refractivity contribution in [2.75, 3.05) is 13.2 Å². The molecule has 0 spiro atoms. The van der Waals surface area contributed by atoms with Crippen LogP contribution in [0.3, 0.4) is 0 Å². The van der Waals surface area contributed by atoms with E-state index >= 15 is 0 Å². The Labute approximate surface area is 124 Å². The van der Waals surface area contributed by atoms with Crippen LogP contribution in [0.15, 0.2) is 35.7 Å². The van der Waals surface area contributed by atoms with Crippen molar-refractivity contribution in [2.45, 2.75) is 32.2 Å². The monoisotopic (exact) mass is 287 g/mol. The van der Waals surface area contributed by atoms with Crippen molar-refractivity contribution >= 4 is 11.3 Å². The molecule has 0 amide bonds. The molecule has 3 heteroatoms. The molecule has 1 unspecified atom stereocenters. The van der Waals surface area contributed by atoms with Gasteiger partial charge >= 0.3 is 0 Å². The van der Waals surface area contributed by atoms with E-state index in [9.17, 15) is 0 Å². The summed E-state index contributed by atoms with van der Waals surface area (Å²) in [6, 6.07) is 10.7. The number of thiophene rings is 1. The van der Waals surface area contributed by atoms with Crippen molar-refractivity contribution < 1.29 is 4.74 Å². The number of fused-ring (bicyclic) bond motifs is 1. The molecule has 0 saturated heterocycles. The molecule has 2 nitrogen and oxygen atoms in total. The van der Waals surface area contributed by atoms with E-state index in [0.29, 0.717) is 5.92 Å². The third-order valence-electron chi connectivity index (χ3n) is 3.98. The maximum atomic E-state index is 5.72. The number of hydrogen-bond donors (Lipinski definition) is 1. The van der Waals surface area contributed by atoms with Crippen molar-refractivity contribution in [3.63, 3.8) is 0 Å². The third-order valence-corrected chi connectivity index (χ3v) is 4.94. The molecule has 0 saturated carbocycles. The van der Waals surface area contributed by atoms with Gasteiger partial charge in [-0.3, -0.25) is 0 Å². The van der Waals surface area contributed by atoms with Crippen LogP contribution in [-0.4, -0.2) is 13.2 Å². The van der Waals surface area contributed by atoms with Gasteiger partial charge in [0.25, 0.3) is 0 Å². The topological polar surface area (TPSA) is 21.3 Å². The Balaban J connectivity index is 1.60. The normalized spacial score (nSPS) is 17.6. The van der Waals surface area contributed by atoms with Crippen molar-refractivity contribution in [1.29, 1.82) is 0 Å². The maximum absolute atomic E-state index is 5.72. The molecule has 0 aliphatic carbocycles. The van der Waals surface area contributed by atoms with Gasteiger partial charge in [-0.15, -0.1) is 11.3 Å². The molecule has 2 heterocycles. The summed E-state index contributed by atoms with van der Waals surface area (Å²) in [4.78, 5) is 1.48. The first-order valence-electron chi connectivity index (χ1n) is 7.36. The van der Waals surface area contributed by atoms with Crippen molar-refractivity contribution in [3.8, 4) is 5.75 Å². The Morgan fingerprint density at radius 2 is 2.20 bits per heavy atom. The number of rotatable bonds is 5. The van der Waals surface area contributed by atoms with E-state index in [-0.39, 0.29) is 0 Å². The second kappa shape index (κ2) is 6.42. The lowest BCUT2D eigenvalue weighted by Crippen LogP contribution is -2.25. The van der Waals surface area contributed by atoms with Crippen LogP contribution in [0.4, 0.5) is 0 Å². The van der Waals surface area contributed by atoms with E-state index in [4.69, 9.17) is 4.74 Å². The van der Waals surface area contributed by atoms with Gasteiger partial charge < -0.3 is 10.1 Å². The van der Waals surface area contributed by atoms with Crippen LogP contribution in [0.25, 0.3) is 0 Å². The van der Waals surface area contributed by atoms with Gasteiger partial charge in [0, 0.05) is 23.9 Å². The number of nitrogens with one attached hydrogen (secondary N) is 1. The molecule has 1 aliphatic heterocycles. The van der Waals surface area contributed by atoms with Crippen molar-refractivity contribution in [2.24, 2.45) is 0 Å². The fraction of sp³-hybridized carbons (Fsp3) is 0.412. The van der Waals surface area contributed by atoms with E-state index in [1.165, 1.54) is 16.0 Å². The fourth-order valence-corrected chi connectivity index (χ4v) is 3.77. The molecule has 1 aliphatic rings. The number of ether oxygens (including phenoxy) is 1. The molecule has 0 bridgehead atoms. The van der Waals surface area contributed by atoms with Crippen LogP contribution in [0.5, 0.6) is 5.75 Å². The highest BCUT2D eigenvalue weighted by Gasteiger charge is 2.20. The van der Waals surface area contributed by atoms with Gasteiger partial charge in [0.05, 0.1) is 6.61 Å². The Morgan fingerprint density at radius 1 is 1.30 bits per heavy atom. The number of hydrogen-bond acceptors (Lipinski definition) is 3. The first-order chi connectivity index (χ1) is 9.88. The molecule has 3 rings (SSSR count). The molecular weight excluding hydrogens is 266 g/mol. The summed E-state index contributed by atoms with van der Waals surface area (Å²) in [5.41, 5.74) is 2.84. The second-order valence-electron chi connectivity index (χ2n) is 5.23. The second-order valence-corrected chi connectivity index (χ2v) is 6.23. The lowest BCUT2D eigenvalue weighted by atomic mass is 9.93. The Bertz CT molecular complexity index is 564. The highest BCUT2D eigenvalue weighted by Crippen LogP contribution is 2.32. The molecule has 106 valence electrons. The lowest BCUT2D eigenvalue weighted by molar-refractivity contribution is 0.264. The van der Waals surface area contributed by atoms with Gasteiger partial charge in [0.1, 0.15) is 5.75 Å². The van der Waals surface area contributed by atoms with Gasteiger partial charge in [-0.25, -0.2) is 0 Å². The van der Waals surface area contributed by atoms with Gasteiger partial charge in [0.2, 0.25) is 0 Å². The van der Waals surface area contributed by atoms with Gasteiger partial charge in [0.15, 0.2) is 0 Å². The van der Waals surface area contributed by atoms with Crippen LogP contribution >= 0.6 is 11.3 Å². The van der Waals surface area contributed by atoms with E-state index < -0.39 is 0 Å². The molecule has 1 atom stereocenters. The quantitative estimate of drug-likeness (QED) is 0.898. The minimum Gasteiger partial charge on any atom is -0.493 e. The van der Waals surface area contributed by atoms with E-state index in [2.05, 4.69) is 41.9 Å².